The minimum absolute atomic E-state index is 0.0143. The number of piperidine rings is 1. The second kappa shape index (κ2) is 10.5. The highest BCUT2D eigenvalue weighted by molar-refractivity contribution is 5.77. The van der Waals surface area contributed by atoms with Crippen molar-refractivity contribution in [2.45, 2.75) is 32.6 Å². The van der Waals surface area contributed by atoms with E-state index in [0.717, 1.165) is 54.6 Å². The lowest BCUT2D eigenvalue weighted by atomic mass is 9.97. The average Bonchev–Trinajstić information content (AvgIpc) is 3.40. The highest BCUT2D eigenvalue weighted by atomic mass is 19.1. The van der Waals surface area contributed by atoms with E-state index >= 15 is 4.39 Å². The van der Waals surface area contributed by atoms with Crippen molar-refractivity contribution in [3.8, 4) is 28.3 Å². The van der Waals surface area contributed by atoms with Crippen LogP contribution < -0.4 is 10.5 Å². The first-order valence-electron chi connectivity index (χ1n) is 13.3. The number of hydrogen-bond acceptors (Lipinski definition) is 5. The van der Waals surface area contributed by atoms with Gasteiger partial charge in [-0.1, -0.05) is 24.3 Å². The van der Waals surface area contributed by atoms with Crippen LogP contribution in [0, 0.1) is 25.5 Å². The number of nitrogens with zero attached hydrogens (tertiary/aromatic N) is 4. The van der Waals surface area contributed by atoms with E-state index in [4.69, 9.17) is 9.40 Å². The van der Waals surface area contributed by atoms with E-state index in [1.54, 1.807) is 23.0 Å². The van der Waals surface area contributed by atoms with Gasteiger partial charge in [-0.15, -0.1) is 0 Å². The summed E-state index contributed by atoms with van der Waals surface area (Å²) in [6.45, 7) is 5.45. The van der Waals surface area contributed by atoms with E-state index in [1.807, 2.05) is 50.2 Å². The molecule has 2 aromatic carbocycles. The molecule has 0 atom stereocenters. The van der Waals surface area contributed by atoms with Crippen molar-refractivity contribution in [1.29, 1.82) is 0 Å². The number of halogens is 2. The van der Waals surface area contributed by atoms with Crippen molar-refractivity contribution in [2.75, 3.05) is 18.0 Å². The highest BCUT2D eigenvalue weighted by Crippen LogP contribution is 2.39. The number of anilines is 1. The molecule has 8 heteroatoms. The molecule has 1 aliphatic rings. The van der Waals surface area contributed by atoms with Crippen molar-refractivity contribution >= 4 is 5.82 Å². The predicted molar refractivity (Wildman–Crippen MR) is 151 cm³/mol. The zero-order chi connectivity index (χ0) is 27.8. The van der Waals surface area contributed by atoms with Crippen LogP contribution in [0.25, 0.3) is 28.3 Å². The summed E-state index contributed by atoms with van der Waals surface area (Å²) in [5, 5.41) is 0. The monoisotopic (exact) mass is 538 g/mol. The number of pyridine rings is 2. The fraction of sp³-hybridized carbons (Fsp3) is 0.219. The summed E-state index contributed by atoms with van der Waals surface area (Å²) in [6, 6.07) is 18.3. The number of oxazole rings is 1. The van der Waals surface area contributed by atoms with Crippen LogP contribution in [-0.2, 0) is 0 Å². The normalized spacial score (nSPS) is 14.1. The van der Waals surface area contributed by atoms with Gasteiger partial charge >= 0.3 is 0 Å². The van der Waals surface area contributed by atoms with E-state index in [0.29, 0.717) is 17.1 Å². The molecule has 0 unspecified atom stereocenters. The lowest BCUT2D eigenvalue weighted by molar-refractivity contribution is 0.397. The van der Waals surface area contributed by atoms with Crippen molar-refractivity contribution < 1.29 is 13.2 Å². The Morgan fingerprint density at radius 2 is 1.70 bits per heavy atom. The summed E-state index contributed by atoms with van der Waals surface area (Å²) < 4.78 is 36.7. The minimum atomic E-state index is -0.739. The first-order chi connectivity index (χ1) is 19.4. The Kier molecular flexibility index (Phi) is 6.76. The van der Waals surface area contributed by atoms with Crippen LogP contribution in [0.4, 0.5) is 14.6 Å². The summed E-state index contributed by atoms with van der Waals surface area (Å²) in [7, 11) is 0. The summed E-state index contributed by atoms with van der Waals surface area (Å²) in [6.07, 6.45) is 5.06. The van der Waals surface area contributed by atoms with Crippen LogP contribution >= 0.6 is 0 Å². The molecule has 1 aliphatic heterocycles. The van der Waals surface area contributed by atoms with Crippen LogP contribution in [0.15, 0.2) is 88.3 Å². The first kappa shape index (κ1) is 25.7. The molecule has 1 saturated heterocycles. The number of aryl methyl sites for hydroxylation is 2. The van der Waals surface area contributed by atoms with Crippen LogP contribution in [-0.4, -0.2) is 27.6 Å². The first-order valence-corrected chi connectivity index (χ1v) is 13.3. The second-order valence-corrected chi connectivity index (χ2v) is 10.2. The van der Waals surface area contributed by atoms with Crippen molar-refractivity contribution in [3.05, 3.63) is 118 Å². The molecule has 0 saturated carbocycles. The fourth-order valence-corrected chi connectivity index (χ4v) is 5.45. The Labute approximate surface area is 230 Å². The largest absolute Gasteiger partial charge is 0.440 e. The average molecular weight is 539 g/mol. The molecule has 6 nitrogen and oxygen atoms in total. The Bertz CT molecular complexity index is 1720. The number of benzene rings is 2. The Morgan fingerprint density at radius 3 is 2.40 bits per heavy atom. The molecule has 0 N–H and O–H groups in total. The van der Waals surface area contributed by atoms with Gasteiger partial charge in [0.25, 0.3) is 5.56 Å². The van der Waals surface area contributed by atoms with Crippen LogP contribution in [0.1, 0.15) is 35.8 Å². The summed E-state index contributed by atoms with van der Waals surface area (Å²) in [5.74, 6) is 0.243. The molecule has 202 valence electrons. The number of para-hydroxylation sites is 1. The molecule has 5 aromatic rings. The van der Waals surface area contributed by atoms with Crippen LogP contribution in [0.3, 0.4) is 0 Å². The lowest BCUT2D eigenvalue weighted by Gasteiger charge is -2.31. The molecule has 0 amide bonds. The third-order valence-electron chi connectivity index (χ3n) is 7.50. The quantitative estimate of drug-likeness (QED) is 0.245. The lowest BCUT2D eigenvalue weighted by Crippen LogP contribution is -2.33. The smallest absolute Gasteiger partial charge is 0.255 e. The molecule has 3 aromatic heterocycles. The maximum Gasteiger partial charge on any atom is 0.255 e. The third-order valence-corrected chi connectivity index (χ3v) is 7.50. The van der Waals surface area contributed by atoms with E-state index in [9.17, 15) is 9.18 Å². The molecule has 0 bridgehead atoms. The topological polar surface area (TPSA) is 64.2 Å². The minimum Gasteiger partial charge on any atom is -0.440 e. The fourth-order valence-electron chi connectivity index (χ4n) is 5.45. The van der Waals surface area contributed by atoms with Gasteiger partial charge < -0.3 is 9.32 Å². The molecule has 0 aliphatic carbocycles. The van der Waals surface area contributed by atoms with E-state index in [-0.39, 0.29) is 22.8 Å². The van der Waals surface area contributed by atoms with E-state index in [1.165, 1.54) is 18.2 Å². The van der Waals surface area contributed by atoms with Gasteiger partial charge in [-0.25, -0.2) is 18.7 Å². The standard InChI is InChI=1S/C32H28F2N4O2/c1-20-6-5-7-21(2)30(20)38-19-23(9-12-28(38)39)29-31(25-11-10-24(33)18-26(25)34)40-32(36-29)22-13-16-37(17-14-22)27-8-3-4-15-35-27/h3-12,15,18-19,22H,13-14,16-17H2,1-2H3. The maximum absolute atomic E-state index is 15.0. The number of rotatable bonds is 5. The second-order valence-electron chi connectivity index (χ2n) is 10.2. The zero-order valence-corrected chi connectivity index (χ0v) is 22.3. The van der Waals surface area contributed by atoms with Gasteiger partial charge in [-0.3, -0.25) is 9.36 Å². The molecule has 0 spiro atoms. The van der Waals surface area contributed by atoms with Crippen molar-refractivity contribution in [1.82, 2.24) is 14.5 Å². The highest BCUT2D eigenvalue weighted by Gasteiger charge is 2.29. The summed E-state index contributed by atoms with van der Waals surface area (Å²) >= 11 is 0. The predicted octanol–water partition coefficient (Wildman–Crippen LogP) is 6.83. The molecule has 6 rings (SSSR count). The molecule has 0 radical (unpaired) electrons. The molecular weight excluding hydrogens is 510 g/mol. The molecule has 40 heavy (non-hydrogen) atoms. The van der Waals surface area contributed by atoms with E-state index in [2.05, 4.69) is 9.88 Å². The van der Waals surface area contributed by atoms with Gasteiger partial charge in [0, 0.05) is 49.1 Å². The van der Waals surface area contributed by atoms with Crippen LogP contribution in [0.5, 0.6) is 0 Å². The van der Waals surface area contributed by atoms with Gasteiger partial charge in [0.1, 0.15) is 23.1 Å². The molecule has 4 heterocycles. The van der Waals surface area contributed by atoms with Gasteiger partial charge in [0.2, 0.25) is 0 Å². The molecule has 1 fully saturated rings. The number of hydrogen-bond donors (Lipinski definition) is 0. The zero-order valence-electron chi connectivity index (χ0n) is 22.3. The van der Waals surface area contributed by atoms with Crippen molar-refractivity contribution in [2.24, 2.45) is 0 Å². The van der Waals surface area contributed by atoms with E-state index < -0.39 is 11.6 Å². The number of aromatic nitrogens is 3. The van der Waals surface area contributed by atoms with Gasteiger partial charge in [0.15, 0.2) is 11.7 Å². The Balaban J connectivity index is 1.42. The summed E-state index contributed by atoms with van der Waals surface area (Å²) in [4.78, 5) is 24.5. The van der Waals surface area contributed by atoms with Gasteiger partial charge in [0.05, 0.1) is 11.3 Å². The Hall–Kier alpha value is -4.59. The maximum atomic E-state index is 15.0. The van der Waals surface area contributed by atoms with Gasteiger partial charge in [-0.2, -0.15) is 0 Å². The van der Waals surface area contributed by atoms with Crippen LogP contribution in [0.2, 0.25) is 0 Å². The van der Waals surface area contributed by atoms with Crippen molar-refractivity contribution in [3.63, 3.8) is 0 Å². The Morgan fingerprint density at radius 1 is 0.925 bits per heavy atom. The molecular formula is C32H28F2N4O2. The third kappa shape index (κ3) is 4.81. The van der Waals surface area contributed by atoms with Gasteiger partial charge in [-0.05, 0) is 68.1 Å². The SMILES string of the molecule is Cc1cccc(C)c1-n1cc(-c2nc(C3CCN(c4ccccn4)CC3)oc2-c2ccc(F)cc2F)ccc1=O. The summed E-state index contributed by atoms with van der Waals surface area (Å²) in [5.41, 5.74) is 3.62.